The molecule has 1 aromatic heterocycles. The zero-order valence-electron chi connectivity index (χ0n) is 10.3. The molecule has 0 saturated heterocycles. The van der Waals surface area contributed by atoms with Crippen LogP contribution >= 0.6 is 0 Å². The van der Waals surface area contributed by atoms with E-state index in [0.717, 1.165) is 11.8 Å². The lowest BCUT2D eigenvalue weighted by Gasteiger charge is -2.14. The molecule has 3 nitrogen and oxygen atoms in total. The fourth-order valence-corrected chi connectivity index (χ4v) is 1.84. The van der Waals surface area contributed by atoms with Crippen molar-refractivity contribution in [3.63, 3.8) is 0 Å². The van der Waals surface area contributed by atoms with Gasteiger partial charge in [0, 0.05) is 37.5 Å². The second-order valence-electron chi connectivity index (χ2n) is 4.22. The zero-order chi connectivity index (χ0) is 13.1. The monoisotopic (exact) mass is 251 g/mol. The van der Waals surface area contributed by atoms with E-state index in [1.807, 2.05) is 20.0 Å². The Hall–Kier alpha value is -1.75. The minimum Gasteiger partial charge on any atom is -0.305 e. The summed E-state index contributed by atoms with van der Waals surface area (Å²) in [6.45, 7) is 2.32. The van der Waals surface area contributed by atoms with Gasteiger partial charge < -0.3 is 5.32 Å². The molecule has 96 valence electrons. The molecule has 1 atom stereocenters. The number of aromatic nitrogens is 2. The molecule has 1 unspecified atom stereocenters. The number of benzene rings is 1. The van der Waals surface area contributed by atoms with E-state index >= 15 is 0 Å². The number of nitrogens with one attached hydrogen (secondary N) is 1. The number of halogens is 2. The van der Waals surface area contributed by atoms with Crippen LogP contribution in [0.2, 0.25) is 0 Å². The van der Waals surface area contributed by atoms with Crippen LogP contribution in [0.15, 0.2) is 30.5 Å². The number of nitrogens with zero attached hydrogens (tertiary/aromatic N) is 2. The van der Waals surface area contributed by atoms with Crippen molar-refractivity contribution < 1.29 is 8.78 Å². The molecule has 0 aliphatic carbocycles. The van der Waals surface area contributed by atoms with Gasteiger partial charge >= 0.3 is 0 Å². The van der Waals surface area contributed by atoms with Gasteiger partial charge in [-0.05, 0) is 19.1 Å². The molecule has 1 N–H and O–H groups in total. The lowest BCUT2D eigenvalue weighted by molar-refractivity contribution is 0.510. The Labute approximate surface area is 104 Å². The molecular formula is C13H15F2N3. The van der Waals surface area contributed by atoms with Crippen LogP contribution in [0.1, 0.15) is 24.2 Å². The van der Waals surface area contributed by atoms with Crippen LogP contribution in [-0.4, -0.2) is 9.78 Å². The van der Waals surface area contributed by atoms with Crippen LogP contribution in [0, 0.1) is 11.6 Å². The summed E-state index contributed by atoms with van der Waals surface area (Å²) < 4.78 is 27.9. The fraction of sp³-hybridized carbons (Fsp3) is 0.308. The molecule has 0 bridgehead atoms. The first-order valence-corrected chi connectivity index (χ1v) is 5.73. The molecule has 1 heterocycles. The van der Waals surface area contributed by atoms with Gasteiger partial charge in [-0.3, -0.25) is 4.68 Å². The summed E-state index contributed by atoms with van der Waals surface area (Å²) in [7, 11) is 1.85. The normalized spacial score (nSPS) is 12.7. The number of aryl methyl sites for hydroxylation is 1. The van der Waals surface area contributed by atoms with Gasteiger partial charge in [0.05, 0.1) is 5.69 Å². The smallest absolute Gasteiger partial charge is 0.130 e. The van der Waals surface area contributed by atoms with Crippen molar-refractivity contribution in [1.82, 2.24) is 15.1 Å². The lowest BCUT2D eigenvalue weighted by Crippen LogP contribution is -2.21. The lowest BCUT2D eigenvalue weighted by atomic mass is 10.1. The van der Waals surface area contributed by atoms with Crippen LogP contribution in [0.25, 0.3) is 0 Å². The Bertz CT molecular complexity index is 537. The molecule has 0 fully saturated rings. The molecule has 5 heteroatoms. The maximum absolute atomic E-state index is 13.4. The van der Waals surface area contributed by atoms with E-state index in [2.05, 4.69) is 10.4 Å². The van der Waals surface area contributed by atoms with E-state index in [1.165, 1.54) is 12.1 Å². The third-order valence-corrected chi connectivity index (χ3v) is 2.92. The minimum atomic E-state index is -0.559. The van der Waals surface area contributed by atoms with Crippen molar-refractivity contribution in [2.24, 2.45) is 7.05 Å². The largest absolute Gasteiger partial charge is 0.305 e. The first-order chi connectivity index (χ1) is 8.58. The van der Waals surface area contributed by atoms with Gasteiger partial charge in [-0.1, -0.05) is 6.07 Å². The van der Waals surface area contributed by atoms with Crippen molar-refractivity contribution in [1.29, 1.82) is 0 Å². The summed E-state index contributed by atoms with van der Waals surface area (Å²) >= 11 is 0. The fourth-order valence-electron chi connectivity index (χ4n) is 1.84. The molecule has 0 aliphatic rings. The zero-order valence-corrected chi connectivity index (χ0v) is 10.3. The highest BCUT2D eigenvalue weighted by Crippen LogP contribution is 2.13. The van der Waals surface area contributed by atoms with Crippen LogP contribution in [0.5, 0.6) is 0 Å². The van der Waals surface area contributed by atoms with Crippen LogP contribution < -0.4 is 5.32 Å². The highest BCUT2D eigenvalue weighted by atomic mass is 19.1. The van der Waals surface area contributed by atoms with Crippen molar-refractivity contribution in [2.75, 3.05) is 0 Å². The molecule has 0 aliphatic heterocycles. The summed E-state index contributed by atoms with van der Waals surface area (Å²) in [6, 6.07) is 5.55. The Morgan fingerprint density at radius 1 is 1.33 bits per heavy atom. The van der Waals surface area contributed by atoms with Crippen LogP contribution in [0.3, 0.4) is 0 Å². The van der Waals surface area contributed by atoms with E-state index in [-0.39, 0.29) is 6.04 Å². The van der Waals surface area contributed by atoms with Crippen LogP contribution in [0.4, 0.5) is 8.78 Å². The summed E-state index contributed by atoms with van der Waals surface area (Å²) in [5.74, 6) is -1.09. The Morgan fingerprint density at radius 3 is 2.72 bits per heavy atom. The predicted octanol–water partition coefficient (Wildman–Crippen LogP) is 2.55. The second kappa shape index (κ2) is 5.27. The molecule has 2 aromatic rings. The molecule has 0 saturated carbocycles. The number of hydrogen-bond donors (Lipinski definition) is 1. The van der Waals surface area contributed by atoms with Crippen molar-refractivity contribution in [2.45, 2.75) is 19.5 Å². The first-order valence-electron chi connectivity index (χ1n) is 5.73. The van der Waals surface area contributed by atoms with E-state index in [4.69, 9.17) is 0 Å². The molecule has 2 rings (SSSR count). The summed E-state index contributed by atoms with van der Waals surface area (Å²) in [5, 5.41) is 7.25. The van der Waals surface area contributed by atoms with Gasteiger partial charge in [0.2, 0.25) is 0 Å². The van der Waals surface area contributed by atoms with Gasteiger partial charge in [-0.25, -0.2) is 8.78 Å². The maximum atomic E-state index is 13.4. The Morgan fingerprint density at radius 2 is 2.11 bits per heavy atom. The standard InChI is InChI=1S/C13H15F2N3/c1-9(13-5-6-17-18(13)2)16-8-10-3-4-11(14)7-12(10)15/h3-7,9,16H,8H2,1-2H3. The third-order valence-electron chi connectivity index (χ3n) is 2.92. The van der Waals surface area contributed by atoms with E-state index in [0.29, 0.717) is 12.1 Å². The molecule has 18 heavy (non-hydrogen) atoms. The van der Waals surface area contributed by atoms with E-state index in [1.54, 1.807) is 10.9 Å². The predicted molar refractivity (Wildman–Crippen MR) is 64.8 cm³/mol. The third kappa shape index (κ3) is 2.73. The average molecular weight is 251 g/mol. The van der Waals surface area contributed by atoms with Crippen molar-refractivity contribution >= 4 is 0 Å². The molecule has 0 radical (unpaired) electrons. The van der Waals surface area contributed by atoms with Crippen molar-refractivity contribution in [3.05, 3.63) is 53.4 Å². The molecular weight excluding hydrogens is 236 g/mol. The van der Waals surface area contributed by atoms with Gasteiger partial charge in [0.25, 0.3) is 0 Å². The minimum absolute atomic E-state index is 0.0435. The van der Waals surface area contributed by atoms with E-state index < -0.39 is 11.6 Å². The summed E-state index contributed by atoms with van der Waals surface area (Å²) in [6.07, 6.45) is 1.71. The van der Waals surface area contributed by atoms with Gasteiger partial charge in [0.1, 0.15) is 11.6 Å². The SMILES string of the molecule is CC(NCc1ccc(F)cc1F)c1ccnn1C. The molecule has 1 aromatic carbocycles. The second-order valence-corrected chi connectivity index (χ2v) is 4.22. The summed E-state index contributed by atoms with van der Waals surface area (Å²) in [5.41, 5.74) is 1.46. The average Bonchev–Trinajstić information content (AvgIpc) is 2.74. The highest BCUT2D eigenvalue weighted by molar-refractivity contribution is 5.18. The van der Waals surface area contributed by atoms with Gasteiger partial charge in [-0.15, -0.1) is 0 Å². The Kier molecular flexibility index (Phi) is 3.72. The first kappa shape index (κ1) is 12.7. The maximum Gasteiger partial charge on any atom is 0.130 e. The highest BCUT2D eigenvalue weighted by Gasteiger charge is 2.10. The van der Waals surface area contributed by atoms with Gasteiger partial charge in [0.15, 0.2) is 0 Å². The van der Waals surface area contributed by atoms with Crippen LogP contribution in [-0.2, 0) is 13.6 Å². The number of rotatable bonds is 4. The molecule has 0 spiro atoms. The Balaban J connectivity index is 2.01. The number of hydrogen-bond acceptors (Lipinski definition) is 2. The summed E-state index contributed by atoms with van der Waals surface area (Å²) in [4.78, 5) is 0. The molecule has 0 amide bonds. The van der Waals surface area contributed by atoms with E-state index in [9.17, 15) is 8.78 Å². The van der Waals surface area contributed by atoms with Gasteiger partial charge in [-0.2, -0.15) is 5.10 Å². The quantitative estimate of drug-likeness (QED) is 0.905. The topological polar surface area (TPSA) is 29.9 Å². The van der Waals surface area contributed by atoms with Crippen molar-refractivity contribution in [3.8, 4) is 0 Å².